The summed E-state index contributed by atoms with van der Waals surface area (Å²) in [5, 5.41) is 0. The fraction of sp³-hybridized carbons (Fsp3) is 0.278. The van der Waals surface area contributed by atoms with Crippen molar-refractivity contribution < 1.29 is 18.0 Å². The quantitative estimate of drug-likeness (QED) is 0.890. The van der Waals surface area contributed by atoms with Crippen molar-refractivity contribution in [1.82, 2.24) is 14.9 Å². The molecule has 0 unspecified atom stereocenters. The summed E-state index contributed by atoms with van der Waals surface area (Å²) >= 11 is 0. The lowest BCUT2D eigenvalue weighted by molar-refractivity contribution is -0.0691. The number of halogens is 3. The number of amides is 1. The summed E-state index contributed by atoms with van der Waals surface area (Å²) in [7, 11) is 3.13. The number of carbonyl (C=O) groups is 1. The summed E-state index contributed by atoms with van der Waals surface area (Å²) in [6.07, 6.45) is -2.81. The first-order chi connectivity index (χ1) is 12.1. The van der Waals surface area contributed by atoms with Crippen LogP contribution in [0.1, 0.15) is 28.7 Å². The van der Waals surface area contributed by atoms with Gasteiger partial charge in [0.05, 0.1) is 22.6 Å². The van der Waals surface area contributed by atoms with Crippen molar-refractivity contribution in [3.63, 3.8) is 0 Å². The van der Waals surface area contributed by atoms with Gasteiger partial charge < -0.3 is 10.6 Å². The van der Waals surface area contributed by atoms with Gasteiger partial charge in [0.2, 0.25) is 0 Å². The molecular weight excluding hydrogens is 345 g/mol. The Balaban J connectivity index is 2.10. The maximum Gasteiger partial charge on any atom is 0.417 e. The Hall–Kier alpha value is -2.90. The van der Waals surface area contributed by atoms with Crippen molar-refractivity contribution in [2.24, 2.45) is 0 Å². The van der Waals surface area contributed by atoms with Crippen LogP contribution in [0.25, 0.3) is 16.8 Å². The number of anilines is 1. The molecule has 0 atom stereocenters. The molecule has 0 aliphatic heterocycles. The van der Waals surface area contributed by atoms with Crippen molar-refractivity contribution in [2.45, 2.75) is 19.5 Å². The molecule has 0 aromatic carbocycles. The SMILES string of the molecule is CC1=C(C(F)(F)F)c2cc(-c3ccc(N)c(C(=O)N(C)C)n3)cnc2C1. The molecule has 2 aromatic rings. The Morgan fingerprint density at radius 2 is 1.96 bits per heavy atom. The molecule has 5 nitrogen and oxygen atoms in total. The van der Waals surface area contributed by atoms with Gasteiger partial charge in [-0.05, 0) is 25.1 Å². The van der Waals surface area contributed by atoms with Gasteiger partial charge in [0.25, 0.3) is 5.91 Å². The largest absolute Gasteiger partial charge is 0.417 e. The first kappa shape index (κ1) is 17.9. The molecule has 0 radical (unpaired) electrons. The van der Waals surface area contributed by atoms with Crippen LogP contribution in [0, 0.1) is 0 Å². The van der Waals surface area contributed by atoms with Crippen LogP contribution in [0.4, 0.5) is 18.9 Å². The number of alkyl halides is 3. The lowest BCUT2D eigenvalue weighted by Crippen LogP contribution is -2.24. The van der Waals surface area contributed by atoms with Gasteiger partial charge in [-0.1, -0.05) is 5.57 Å². The predicted octanol–water partition coefficient (Wildman–Crippen LogP) is 3.32. The molecule has 26 heavy (non-hydrogen) atoms. The summed E-state index contributed by atoms with van der Waals surface area (Å²) in [6.45, 7) is 1.46. The Labute approximate surface area is 148 Å². The number of nitrogens with two attached hydrogens (primary N) is 1. The molecule has 1 aliphatic rings. The average molecular weight is 362 g/mol. The summed E-state index contributed by atoms with van der Waals surface area (Å²) < 4.78 is 40.1. The van der Waals surface area contributed by atoms with E-state index in [4.69, 9.17) is 5.73 Å². The van der Waals surface area contributed by atoms with Crippen LogP contribution in [0.2, 0.25) is 0 Å². The van der Waals surface area contributed by atoms with E-state index >= 15 is 0 Å². The number of pyridine rings is 2. The van der Waals surface area contributed by atoms with Gasteiger partial charge in [-0.15, -0.1) is 0 Å². The number of rotatable bonds is 2. The van der Waals surface area contributed by atoms with Crippen molar-refractivity contribution >= 4 is 17.2 Å². The van der Waals surface area contributed by atoms with Crippen molar-refractivity contribution in [3.8, 4) is 11.3 Å². The zero-order valence-corrected chi connectivity index (χ0v) is 14.5. The minimum atomic E-state index is -4.45. The number of nitrogens with zero attached hydrogens (tertiary/aromatic N) is 3. The van der Waals surface area contributed by atoms with E-state index in [9.17, 15) is 18.0 Å². The van der Waals surface area contributed by atoms with Gasteiger partial charge in [-0.25, -0.2) is 4.98 Å². The maximum atomic E-state index is 13.4. The average Bonchev–Trinajstić information content (AvgIpc) is 2.89. The molecule has 2 N–H and O–H groups in total. The Kier molecular flexibility index (Phi) is 4.21. The molecule has 2 aromatic heterocycles. The third kappa shape index (κ3) is 3.02. The van der Waals surface area contributed by atoms with E-state index in [1.807, 2.05) is 0 Å². The number of hydrogen-bond acceptors (Lipinski definition) is 4. The van der Waals surface area contributed by atoms with Crippen molar-refractivity contribution in [3.05, 3.63) is 46.9 Å². The Morgan fingerprint density at radius 1 is 1.27 bits per heavy atom. The molecule has 3 rings (SSSR count). The highest BCUT2D eigenvalue weighted by atomic mass is 19.4. The van der Waals surface area contributed by atoms with Crippen LogP contribution in [0.5, 0.6) is 0 Å². The van der Waals surface area contributed by atoms with E-state index in [2.05, 4.69) is 9.97 Å². The van der Waals surface area contributed by atoms with Gasteiger partial charge in [0.15, 0.2) is 5.69 Å². The van der Waals surface area contributed by atoms with Crippen molar-refractivity contribution in [1.29, 1.82) is 0 Å². The minimum Gasteiger partial charge on any atom is -0.397 e. The molecule has 0 spiro atoms. The van der Waals surface area contributed by atoms with Gasteiger partial charge in [0, 0.05) is 37.8 Å². The molecule has 136 valence electrons. The second-order valence-electron chi connectivity index (χ2n) is 6.38. The van der Waals surface area contributed by atoms with Crippen molar-refractivity contribution in [2.75, 3.05) is 19.8 Å². The normalized spacial score (nSPS) is 13.8. The highest BCUT2D eigenvalue weighted by Gasteiger charge is 2.40. The molecule has 0 bridgehead atoms. The fourth-order valence-corrected chi connectivity index (χ4v) is 2.97. The number of aromatic nitrogens is 2. The number of nitrogen functional groups attached to an aromatic ring is 1. The number of allylic oxidation sites excluding steroid dienone is 2. The molecule has 8 heteroatoms. The third-order valence-corrected chi connectivity index (χ3v) is 4.21. The molecule has 0 saturated heterocycles. The molecule has 0 saturated carbocycles. The number of fused-ring (bicyclic) bond motifs is 1. The van der Waals surface area contributed by atoms with Crippen LogP contribution in [-0.4, -0.2) is 41.0 Å². The standard InChI is InChI=1S/C18H17F3N4O/c1-9-6-14-11(15(9)18(19,20)21)7-10(8-23-14)13-5-4-12(22)16(24-13)17(26)25(2)3/h4-5,7-8H,6,22H2,1-3H3. The lowest BCUT2D eigenvalue weighted by atomic mass is 10.0. The molecule has 0 fully saturated rings. The Morgan fingerprint density at radius 3 is 2.58 bits per heavy atom. The van der Waals surface area contributed by atoms with E-state index in [0.29, 0.717) is 17.0 Å². The van der Waals surface area contributed by atoms with E-state index in [-0.39, 0.29) is 34.8 Å². The van der Waals surface area contributed by atoms with Crippen LogP contribution in [0.3, 0.4) is 0 Å². The molecular formula is C18H17F3N4O. The highest BCUT2D eigenvalue weighted by Crippen LogP contribution is 2.43. The van der Waals surface area contributed by atoms with Gasteiger partial charge >= 0.3 is 6.18 Å². The highest BCUT2D eigenvalue weighted by molar-refractivity contribution is 5.97. The first-order valence-corrected chi connectivity index (χ1v) is 7.84. The van der Waals surface area contributed by atoms with E-state index < -0.39 is 11.7 Å². The summed E-state index contributed by atoms with van der Waals surface area (Å²) in [4.78, 5) is 21.9. The zero-order chi connectivity index (χ0) is 19.2. The summed E-state index contributed by atoms with van der Waals surface area (Å²) in [5.74, 6) is -0.384. The number of carbonyl (C=O) groups excluding carboxylic acids is 1. The second-order valence-corrected chi connectivity index (χ2v) is 6.38. The fourth-order valence-electron chi connectivity index (χ4n) is 2.97. The third-order valence-electron chi connectivity index (χ3n) is 4.21. The van der Waals surface area contributed by atoms with Crippen LogP contribution in [0.15, 0.2) is 30.0 Å². The van der Waals surface area contributed by atoms with Gasteiger partial charge in [-0.3, -0.25) is 9.78 Å². The van der Waals surface area contributed by atoms with E-state index in [1.165, 1.54) is 30.2 Å². The Bertz CT molecular complexity index is 933. The minimum absolute atomic E-state index is 0.0516. The van der Waals surface area contributed by atoms with Crippen LogP contribution in [-0.2, 0) is 6.42 Å². The van der Waals surface area contributed by atoms with E-state index in [1.54, 1.807) is 20.2 Å². The second kappa shape index (κ2) is 6.12. The molecule has 2 heterocycles. The smallest absolute Gasteiger partial charge is 0.397 e. The predicted molar refractivity (Wildman–Crippen MR) is 92.3 cm³/mol. The first-order valence-electron chi connectivity index (χ1n) is 7.84. The van der Waals surface area contributed by atoms with Gasteiger partial charge in [-0.2, -0.15) is 13.2 Å². The molecule has 1 aliphatic carbocycles. The topological polar surface area (TPSA) is 72.1 Å². The maximum absolute atomic E-state index is 13.4. The summed E-state index contributed by atoms with van der Waals surface area (Å²) in [5.41, 5.74) is 6.84. The van der Waals surface area contributed by atoms with Crippen LogP contribution >= 0.6 is 0 Å². The summed E-state index contributed by atoms with van der Waals surface area (Å²) in [6, 6.07) is 4.49. The monoisotopic (exact) mass is 362 g/mol. The van der Waals surface area contributed by atoms with Gasteiger partial charge in [0.1, 0.15) is 0 Å². The van der Waals surface area contributed by atoms with Crippen LogP contribution < -0.4 is 5.73 Å². The zero-order valence-electron chi connectivity index (χ0n) is 14.5. The lowest BCUT2D eigenvalue weighted by Gasteiger charge is -2.14. The van der Waals surface area contributed by atoms with E-state index in [0.717, 1.165) is 0 Å². The number of hydrogen-bond donors (Lipinski definition) is 1. The molecule has 1 amide bonds.